The van der Waals surface area contributed by atoms with Gasteiger partial charge in [-0.1, -0.05) is 54.6 Å². The largest absolute Gasteiger partial charge is 0.480 e. The molecule has 1 fully saturated rings. The van der Waals surface area contributed by atoms with Crippen molar-refractivity contribution in [2.45, 2.75) is 29.5 Å². The second-order valence-corrected chi connectivity index (χ2v) is 11.5. The van der Waals surface area contributed by atoms with Crippen LogP contribution in [0.4, 0.5) is 0 Å². The van der Waals surface area contributed by atoms with E-state index in [0.29, 0.717) is 5.75 Å². The van der Waals surface area contributed by atoms with E-state index in [1.54, 1.807) is 38.1 Å². The Hall–Kier alpha value is -2.35. The van der Waals surface area contributed by atoms with Gasteiger partial charge < -0.3 is 5.11 Å². The molecule has 1 aliphatic heterocycles. The molecule has 4 rings (SSSR count). The number of rotatable bonds is 4. The van der Waals surface area contributed by atoms with Crippen LogP contribution in [0.5, 0.6) is 0 Å². The fraction of sp³-hybridized carbons (Fsp3) is 0.261. The third kappa shape index (κ3) is 3.62. The predicted molar refractivity (Wildman–Crippen MR) is 121 cm³/mol. The van der Waals surface area contributed by atoms with Crippen LogP contribution >= 0.6 is 11.8 Å². The summed E-state index contributed by atoms with van der Waals surface area (Å²) in [4.78, 5) is 12.0. The molecule has 156 valence electrons. The molecule has 1 N–H and O–H groups in total. The number of fused-ring (bicyclic) bond motifs is 1. The predicted octanol–water partition coefficient (Wildman–Crippen LogP) is 4.48. The molecular weight excluding hydrogens is 418 g/mol. The average molecular weight is 442 g/mol. The summed E-state index contributed by atoms with van der Waals surface area (Å²) in [7, 11) is -3.93. The Morgan fingerprint density at radius 2 is 1.70 bits per heavy atom. The number of benzene rings is 3. The molecule has 0 spiro atoms. The van der Waals surface area contributed by atoms with Crippen LogP contribution in [0.1, 0.15) is 13.8 Å². The molecule has 1 atom stereocenters. The first-order valence-corrected chi connectivity index (χ1v) is 12.1. The molecule has 3 aromatic rings. The van der Waals surface area contributed by atoms with Gasteiger partial charge in [-0.3, -0.25) is 4.79 Å². The summed E-state index contributed by atoms with van der Waals surface area (Å²) in [6.45, 7) is 3.74. The minimum Gasteiger partial charge on any atom is -0.480 e. The summed E-state index contributed by atoms with van der Waals surface area (Å²) in [6.07, 6.45) is 0. The molecule has 0 amide bonds. The van der Waals surface area contributed by atoms with Crippen molar-refractivity contribution in [3.63, 3.8) is 0 Å². The van der Waals surface area contributed by atoms with E-state index in [1.807, 2.05) is 42.5 Å². The summed E-state index contributed by atoms with van der Waals surface area (Å²) < 4.78 is 27.0. The van der Waals surface area contributed by atoms with Gasteiger partial charge in [0.2, 0.25) is 10.0 Å². The van der Waals surface area contributed by atoms with Crippen molar-refractivity contribution in [3.8, 4) is 11.1 Å². The van der Waals surface area contributed by atoms with Crippen molar-refractivity contribution < 1.29 is 18.3 Å². The summed E-state index contributed by atoms with van der Waals surface area (Å²) >= 11 is 1.49. The zero-order valence-corrected chi connectivity index (χ0v) is 18.4. The lowest BCUT2D eigenvalue weighted by molar-refractivity contribution is -0.142. The Kier molecular flexibility index (Phi) is 5.38. The van der Waals surface area contributed by atoms with Crippen LogP contribution in [0.25, 0.3) is 21.9 Å². The van der Waals surface area contributed by atoms with E-state index in [1.165, 1.54) is 11.8 Å². The Balaban J connectivity index is 1.72. The monoisotopic (exact) mass is 441 g/mol. The molecular formula is C23H23NO4S2. The highest BCUT2D eigenvalue weighted by atomic mass is 32.2. The Bertz CT molecular complexity index is 1200. The lowest BCUT2D eigenvalue weighted by Crippen LogP contribution is -2.58. The third-order valence-electron chi connectivity index (χ3n) is 5.53. The Labute approximate surface area is 180 Å². The van der Waals surface area contributed by atoms with Crippen molar-refractivity contribution in [2.24, 2.45) is 0 Å². The third-order valence-corrected chi connectivity index (χ3v) is 8.76. The Morgan fingerprint density at radius 1 is 1.03 bits per heavy atom. The summed E-state index contributed by atoms with van der Waals surface area (Å²) in [5.74, 6) is -0.562. The maximum atomic E-state index is 13.3. The molecule has 3 aromatic carbocycles. The number of hydrogen-bond donors (Lipinski definition) is 1. The number of aliphatic carboxylic acids is 1. The van der Waals surface area contributed by atoms with E-state index in [9.17, 15) is 18.3 Å². The molecule has 1 saturated heterocycles. The maximum Gasteiger partial charge on any atom is 0.323 e. The molecule has 0 saturated carbocycles. The number of nitrogens with zero attached hydrogens (tertiary/aromatic N) is 1. The van der Waals surface area contributed by atoms with Gasteiger partial charge in [0.05, 0.1) is 4.90 Å². The van der Waals surface area contributed by atoms with E-state index in [4.69, 9.17) is 0 Å². The quantitative estimate of drug-likeness (QED) is 0.646. The van der Waals surface area contributed by atoms with Crippen molar-refractivity contribution in [3.05, 3.63) is 66.7 Å². The summed E-state index contributed by atoms with van der Waals surface area (Å²) in [6, 6.07) is 19.7. The topological polar surface area (TPSA) is 74.7 Å². The normalized spacial score (nSPS) is 19.6. The maximum absolute atomic E-state index is 13.3. The van der Waals surface area contributed by atoms with Crippen LogP contribution in [0.2, 0.25) is 0 Å². The van der Waals surface area contributed by atoms with Crippen LogP contribution in [-0.4, -0.2) is 46.9 Å². The zero-order chi connectivity index (χ0) is 21.5. The van der Waals surface area contributed by atoms with Crippen molar-refractivity contribution in [1.82, 2.24) is 4.31 Å². The molecule has 0 aliphatic carbocycles. The van der Waals surface area contributed by atoms with Gasteiger partial charge in [0, 0.05) is 17.0 Å². The Morgan fingerprint density at radius 3 is 2.40 bits per heavy atom. The highest BCUT2D eigenvalue weighted by Gasteiger charge is 2.48. The number of carbonyl (C=O) groups is 1. The van der Waals surface area contributed by atoms with Gasteiger partial charge in [0.25, 0.3) is 0 Å². The molecule has 7 heteroatoms. The smallest absolute Gasteiger partial charge is 0.323 e. The number of carboxylic acid groups (broad SMARTS) is 1. The van der Waals surface area contributed by atoms with Crippen LogP contribution in [0.15, 0.2) is 71.6 Å². The molecule has 0 aromatic heterocycles. The van der Waals surface area contributed by atoms with Gasteiger partial charge in [-0.25, -0.2) is 8.42 Å². The van der Waals surface area contributed by atoms with Crippen LogP contribution < -0.4 is 0 Å². The standard InChI is InChI=1S/C23H23NO4S2/c1-23(2)21(22(25)26)24(14-15-29-23)30(27,28)18-12-10-17(11-13-18)20-9-5-7-16-6-3-4-8-19(16)20/h3-13,21H,14-15H2,1-2H3,(H,25,26). The second kappa shape index (κ2) is 7.72. The highest BCUT2D eigenvalue weighted by Crippen LogP contribution is 2.38. The zero-order valence-electron chi connectivity index (χ0n) is 16.8. The first-order valence-electron chi connectivity index (χ1n) is 9.69. The van der Waals surface area contributed by atoms with E-state index in [2.05, 4.69) is 0 Å². The van der Waals surface area contributed by atoms with Gasteiger partial charge >= 0.3 is 5.97 Å². The molecule has 0 radical (unpaired) electrons. The number of hydrogen-bond acceptors (Lipinski definition) is 4. The number of thioether (sulfide) groups is 1. The molecule has 1 aliphatic rings. The van der Waals surface area contributed by atoms with Crippen LogP contribution in [0, 0.1) is 0 Å². The minimum atomic E-state index is -3.93. The van der Waals surface area contributed by atoms with E-state index in [0.717, 1.165) is 26.2 Å². The first-order chi connectivity index (χ1) is 14.2. The van der Waals surface area contributed by atoms with Crippen molar-refractivity contribution in [2.75, 3.05) is 12.3 Å². The van der Waals surface area contributed by atoms with Crippen LogP contribution in [-0.2, 0) is 14.8 Å². The van der Waals surface area contributed by atoms with Crippen molar-refractivity contribution >= 4 is 38.5 Å². The van der Waals surface area contributed by atoms with E-state index >= 15 is 0 Å². The van der Waals surface area contributed by atoms with Gasteiger partial charge in [0.1, 0.15) is 6.04 Å². The van der Waals surface area contributed by atoms with Gasteiger partial charge in [-0.2, -0.15) is 16.1 Å². The lowest BCUT2D eigenvalue weighted by atomic mass is 9.98. The first kappa shape index (κ1) is 20.9. The second-order valence-electron chi connectivity index (χ2n) is 7.86. The molecule has 1 unspecified atom stereocenters. The highest BCUT2D eigenvalue weighted by molar-refractivity contribution is 8.00. The summed E-state index contributed by atoms with van der Waals surface area (Å²) in [5, 5.41) is 11.9. The summed E-state index contributed by atoms with van der Waals surface area (Å²) in [5.41, 5.74) is 1.94. The van der Waals surface area contributed by atoms with E-state index in [-0.39, 0.29) is 11.4 Å². The fourth-order valence-electron chi connectivity index (χ4n) is 4.05. The lowest BCUT2D eigenvalue weighted by Gasteiger charge is -2.42. The van der Waals surface area contributed by atoms with Crippen LogP contribution in [0.3, 0.4) is 0 Å². The van der Waals surface area contributed by atoms with E-state index < -0.39 is 26.8 Å². The minimum absolute atomic E-state index is 0.112. The molecule has 5 nitrogen and oxygen atoms in total. The van der Waals surface area contributed by atoms with Crippen molar-refractivity contribution in [1.29, 1.82) is 0 Å². The average Bonchev–Trinajstić information content (AvgIpc) is 2.72. The van der Waals surface area contributed by atoms with Gasteiger partial charge in [-0.05, 0) is 47.9 Å². The van der Waals surface area contributed by atoms with Gasteiger partial charge in [0.15, 0.2) is 0 Å². The number of sulfonamides is 1. The molecule has 1 heterocycles. The molecule has 0 bridgehead atoms. The number of carboxylic acids is 1. The SMILES string of the molecule is CC1(C)SCCN(S(=O)(=O)c2ccc(-c3cccc4ccccc34)cc2)C1C(=O)O. The van der Waals surface area contributed by atoms with Gasteiger partial charge in [-0.15, -0.1) is 0 Å². The fourth-order valence-corrected chi connectivity index (χ4v) is 7.15. The molecule has 30 heavy (non-hydrogen) atoms.